The van der Waals surface area contributed by atoms with Crippen LogP contribution in [-0.2, 0) is 4.79 Å². The molecule has 0 amide bonds. The maximum absolute atomic E-state index is 11.8. The lowest BCUT2D eigenvalue weighted by atomic mass is 9.91. The number of benzene rings is 1. The summed E-state index contributed by atoms with van der Waals surface area (Å²) < 4.78 is 1.10. The lowest BCUT2D eigenvalue weighted by molar-refractivity contribution is -0.124. The van der Waals surface area contributed by atoms with Crippen molar-refractivity contribution in [3.63, 3.8) is 0 Å². The summed E-state index contributed by atoms with van der Waals surface area (Å²) in [6.45, 7) is 1.15. The molecule has 0 radical (unpaired) electrons. The highest BCUT2D eigenvalue weighted by Gasteiger charge is 2.37. The number of fused-ring (bicyclic) bond motifs is 1. The molecule has 0 N–H and O–H groups in total. The zero-order valence-electron chi connectivity index (χ0n) is 9.73. The molecule has 3 rings (SSSR count). The van der Waals surface area contributed by atoms with Gasteiger partial charge in [-0.1, -0.05) is 28.1 Å². The molecule has 2 nitrogen and oxygen atoms in total. The zero-order chi connectivity index (χ0) is 11.8. The van der Waals surface area contributed by atoms with Gasteiger partial charge in [0.25, 0.3) is 0 Å². The molecule has 2 heterocycles. The molecule has 2 aliphatic heterocycles. The van der Waals surface area contributed by atoms with Gasteiger partial charge in [-0.15, -0.1) is 0 Å². The number of hydrogen-bond acceptors (Lipinski definition) is 2. The highest BCUT2D eigenvalue weighted by Crippen LogP contribution is 2.38. The van der Waals surface area contributed by atoms with E-state index in [2.05, 4.69) is 45.1 Å². The Morgan fingerprint density at radius 3 is 2.71 bits per heavy atom. The SMILES string of the molecule is O=C1C[C@H]2CCCN2[C@@H](c2ccc(Br)cc2)C1. The van der Waals surface area contributed by atoms with Crippen molar-refractivity contribution >= 4 is 21.7 Å². The molecule has 0 saturated carbocycles. The van der Waals surface area contributed by atoms with Crippen molar-refractivity contribution in [1.29, 1.82) is 0 Å². The van der Waals surface area contributed by atoms with Crippen molar-refractivity contribution in [2.45, 2.75) is 37.8 Å². The molecule has 2 saturated heterocycles. The maximum atomic E-state index is 11.8. The largest absolute Gasteiger partial charge is 0.300 e. The summed E-state index contributed by atoms with van der Waals surface area (Å²) in [5, 5.41) is 0. The van der Waals surface area contributed by atoms with Gasteiger partial charge in [-0.05, 0) is 37.1 Å². The lowest BCUT2D eigenvalue weighted by Gasteiger charge is -2.37. The van der Waals surface area contributed by atoms with Gasteiger partial charge in [0, 0.05) is 29.4 Å². The van der Waals surface area contributed by atoms with Crippen LogP contribution < -0.4 is 0 Å². The first-order chi connectivity index (χ1) is 8.24. The second kappa shape index (κ2) is 4.54. The number of carbonyl (C=O) groups is 1. The van der Waals surface area contributed by atoms with E-state index in [0.717, 1.165) is 17.4 Å². The number of nitrogens with zero attached hydrogens (tertiary/aromatic N) is 1. The topological polar surface area (TPSA) is 20.3 Å². The summed E-state index contributed by atoms with van der Waals surface area (Å²) in [7, 11) is 0. The van der Waals surface area contributed by atoms with Crippen molar-refractivity contribution < 1.29 is 4.79 Å². The van der Waals surface area contributed by atoms with Crippen LogP contribution in [0, 0.1) is 0 Å². The van der Waals surface area contributed by atoms with Crippen molar-refractivity contribution in [2.75, 3.05) is 6.54 Å². The number of rotatable bonds is 1. The van der Waals surface area contributed by atoms with E-state index < -0.39 is 0 Å². The standard InChI is InChI=1S/C14H16BrNO/c15-11-5-3-10(4-6-11)14-9-13(17)8-12-2-1-7-16(12)14/h3-6,12,14H,1-2,7-9H2/t12-,14-/m1/s1. The minimum Gasteiger partial charge on any atom is -0.300 e. The Morgan fingerprint density at radius 2 is 1.94 bits per heavy atom. The van der Waals surface area contributed by atoms with Crippen LogP contribution >= 0.6 is 15.9 Å². The number of carbonyl (C=O) groups excluding carboxylic acids is 1. The quantitative estimate of drug-likeness (QED) is 0.792. The Hall–Kier alpha value is -0.670. The van der Waals surface area contributed by atoms with Gasteiger partial charge in [-0.2, -0.15) is 0 Å². The van der Waals surface area contributed by atoms with E-state index in [1.807, 2.05) is 0 Å². The number of Topliss-reactive ketones (excluding diaryl/α,β-unsaturated/α-hetero) is 1. The maximum Gasteiger partial charge on any atom is 0.136 e. The number of ketones is 1. The van der Waals surface area contributed by atoms with Crippen LogP contribution in [0.5, 0.6) is 0 Å². The minimum atomic E-state index is 0.317. The van der Waals surface area contributed by atoms with E-state index in [1.165, 1.54) is 18.4 Å². The Kier molecular flexibility index (Phi) is 3.05. The number of halogens is 1. The fourth-order valence-corrected chi connectivity index (χ4v) is 3.43. The van der Waals surface area contributed by atoms with E-state index in [0.29, 0.717) is 24.3 Å². The molecule has 0 spiro atoms. The first kappa shape index (κ1) is 11.4. The summed E-state index contributed by atoms with van der Waals surface area (Å²) >= 11 is 3.46. The summed E-state index contributed by atoms with van der Waals surface area (Å²) in [6.07, 6.45) is 3.90. The van der Waals surface area contributed by atoms with Gasteiger partial charge in [-0.3, -0.25) is 9.69 Å². The average Bonchev–Trinajstić information content (AvgIpc) is 2.77. The molecular weight excluding hydrogens is 278 g/mol. The molecule has 0 unspecified atom stereocenters. The second-order valence-corrected chi connectivity index (χ2v) is 5.96. The molecule has 2 aliphatic rings. The summed E-state index contributed by atoms with van der Waals surface area (Å²) in [5.74, 6) is 0.432. The molecule has 2 atom stereocenters. The van der Waals surface area contributed by atoms with E-state index in [-0.39, 0.29) is 0 Å². The first-order valence-electron chi connectivity index (χ1n) is 6.27. The monoisotopic (exact) mass is 293 g/mol. The molecular formula is C14H16BrNO. The van der Waals surface area contributed by atoms with E-state index in [9.17, 15) is 4.79 Å². The van der Waals surface area contributed by atoms with Gasteiger partial charge < -0.3 is 0 Å². The summed E-state index contributed by atoms with van der Waals surface area (Å²) in [6, 6.07) is 9.24. The fraction of sp³-hybridized carbons (Fsp3) is 0.500. The van der Waals surface area contributed by atoms with Crippen molar-refractivity contribution in [3.8, 4) is 0 Å². The van der Waals surface area contributed by atoms with E-state index in [4.69, 9.17) is 0 Å². The van der Waals surface area contributed by atoms with Gasteiger partial charge in [0.1, 0.15) is 5.78 Å². The van der Waals surface area contributed by atoms with Crippen molar-refractivity contribution in [1.82, 2.24) is 4.90 Å². The Bertz CT molecular complexity index is 428. The van der Waals surface area contributed by atoms with Crippen LogP contribution in [0.15, 0.2) is 28.7 Å². The molecule has 0 aromatic heterocycles. The number of hydrogen-bond donors (Lipinski definition) is 0. The molecule has 3 heteroatoms. The van der Waals surface area contributed by atoms with Crippen molar-refractivity contribution in [2.24, 2.45) is 0 Å². The third kappa shape index (κ3) is 2.18. The van der Waals surface area contributed by atoms with Gasteiger partial charge in [0.2, 0.25) is 0 Å². The smallest absolute Gasteiger partial charge is 0.136 e. The van der Waals surface area contributed by atoms with E-state index in [1.54, 1.807) is 0 Å². The van der Waals surface area contributed by atoms with Gasteiger partial charge >= 0.3 is 0 Å². The third-order valence-corrected chi connectivity index (χ3v) is 4.49. The van der Waals surface area contributed by atoms with Crippen molar-refractivity contribution in [3.05, 3.63) is 34.3 Å². The molecule has 0 bridgehead atoms. The molecule has 2 fully saturated rings. The van der Waals surface area contributed by atoms with Gasteiger partial charge in [-0.25, -0.2) is 0 Å². The third-order valence-electron chi connectivity index (χ3n) is 3.96. The Labute approximate surface area is 110 Å². The van der Waals surface area contributed by atoms with Gasteiger partial charge in [0.05, 0.1) is 0 Å². The van der Waals surface area contributed by atoms with Crippen LogP contribution in [0.3, 0.4) is 0 Å². The Balaban J connectivity index is 1.89. The molecule has 1 aromatic carbocycles. The second-order valence-electron chi connectivity index (χ2n) is 5.05. The molecule has 90 valence electrons. The molecule has 17 heavy (non-hydrogen) atoms. The van der Waals surface area contributed by atoms with Crippen LogP contribution in [0.1, 0.15) is 37.3 Å². The number of piperidine rings is 1. The average molecular weight is 294 g/mol. The minimum absolute atomic E-state index is 0.317. The summed E-state index contributed by atoms with van der Waals surface area (Å²) in [5.41, 5.74) is 1.29. The van der Waals surface area contributed by atoms with Crippen LogP contribution in [0.2, 0.25) is 0 Å². The predicted octanol–water partition coefficient (Wildman–Crippen LogP) is 3.32. The highest BCUT2D eigenvalue weighted by atomic mass is 79.9. The van der Waals surface area contributed by atoms with Crippen LogP contribution in [0.25, 0.3) is 0 Å². The predicted molar refractivity (Wildman–Crippen MR) is 70.9 cm³/mol. The molecule has 1 aromatic rings. The summed E-state index contributed by atoms with van der Waals surface area (Å²) in [4.78, 5) is 14.4. The zero-order valence-corrected chi connectivity index (χ0v) is 11.3. The fourth-order valence-electron chi connectivity index (χ4n) is 3.16. The molecule has 0 aliphatic carbocycles. The highest BCUT2D eigenvalue weighted by molar-refractivity contribution is 9.10. The van der Waals surface area contributed by atoms with Crippen LogP contribution in [0.4, 0.5) is 0 Å². The lowest BCUT2D eigenvalue weighted by Crippen LogP contribution is -2.40. The van der Waals surface area contributed by atoms with E-state index >= 15 is 0 Å². The van der Waals surface area contributed by atoms with Crippen LogP contribution in [-0.4, -0.2) is 23.3 Å². The first-order valence-corrected chi connectivity index (χ1v) is 7.06. The Morgan fingerprint density at radius 1 is 1.18 bits per heavy atom. The van der Waals surface area contributed by atoms with Gasteiger partial charge in [0.15, 0.2) is 0 Å². The normalized spacial score (nSPS) is 29.4.